The summed E-state index contributed by atoms with van der Waals surface area (Å²) >= 11 is 0. The fourth-order valence-corrected chi connectivity index (χ4v) is 2.60. The van der Waals surface area contributed by atoms with Gasteiger partial charge in [-0.05, 0) is 24.7 Å². The maximum atomic E-state index is 9.50. The minimum atomic E-state index is -0.201. The van der Waals surface area contributed by atoms with Crippen LogP contribution in [-0.4, -0.2) is 17.9 Å². The molecule has 2 heteroatoms. The molecule has 0 amide bonds. The van der Waals surface area contributed by atoms with Gasteiger partial charge in [-0.15, -0.1) is 0 Å². The molecule has 2 fully saturated rings. The van der Waals surface area contributed by atoms with Gasteiger partial charge in [-0.2, -0.15) is 0 Å². The van der Waals surface area contributed by atoms with Crippen molar-refractivity contribution in [3.63, 3.8) is 0 Å². The molecule has 1 aliphatic carbocycles. The van der Waals surface area contributed by atoms with Crippen molar-refractivity contribution in [2.75, 3.05) is 6.54 Å². The summed E-state index contributed by atoms with van der Waals surface area (Å²) in [4.78, 5) is 0. The van der Waals surface area contributed by atoms with Gasteiger partial charge < -0.3 is 5.11 Å². The van der Waals surface area contributed by atoms with Gasteiger partial charge in [0.25, 0.3) is 0 Å². The van der Waals surface area contributed by atoms with Gasteiger partial charge in [-0.1, -0.05) is 13.3 Å². The fraction of sp³-hybridized carbons (Fsp3) is 1.00. The van der Waals surface area contributed by atoms with Gasteiger partial charge in [0.2, 0.25) is 0 Å². The number of aliphatic hydroxyl groups is 1. The average Bonchev–Trinajstić information content (AvgIpc) is 2.32. The molecule has 2 nitrogen and oxygen atoms in total. The van der Waals surface area contributed by atoms with E-state index >= 15 is 0 Å². The molecule has 4 unspecified atom stereocenters. The van der Waals surface area contributed by atoms with E-state index in [1.54, 1.807) is 0 Å². The van der Waals surface area contributed by atoms with Gasteiger partial charge in [0, 0.05) is 12.5 Å². The maximum absolute atomic E-state index is 9.50. The third-order valence-corrected chi connectivity index (χ3v) is 3.30. The average molecular weight is 155 g/mol. The van der Waals surface area contributed by atoms with Crippen LogP contribution < -0.4 is 5.32 Å². The highest BCUT2D eigenvalue weighted by Gasteiger charge is 2.37. The second kappa shape index (κ2) is 2.76. The van der Waals surface area contributed by atoms with E-state index in [0.717, 1.165) is 18.4 Å². The van der Waals surface area contributed by atoms with Gasteiger partial charge in [0.05, 0.1) is 0 Å². The first kappa shape index (κ1) is 7.56. The van der Waals surface area contributed by atoms with Crippen LogP contribution in [0.15, 0.2) is 0 Å². The van der Waals surface area contributed by atoms with Crippen LogP contribution in [0.25, 0.3) is 0 Å². The summed E-state index contributed by atoms with van der Waals surface area (Å²) in [6.45, 7) is 3.36. The van der Waals surface area contributed by atoms with Crippen molar-refractivity contribution in [3.05, 3.63) is 0 Å². The summed E-state index contributed by atoms with van der Waals surface area (Å²) in [6.07, 6.45) is 3.64. The molecule has 1 aliphatic heterocycles. The van der Waals surface area contributed by atoms with E-state index in [2.05, 4.69) is 12.2 Å². The minimum Gasteiger partial charge on any atom is -0.378 e. The van der Waals surface area contributed by atoms with E-state index in [9.17, 15) is 5.11 Å². The predicted octanol–water partition coefficient (Wildman–Crippen LogP) is 0.960. The van der Waals surface area contributed by atoms with Crippen LogP contribution in [0.4, 0.5) is 0 Å². The molecule has 0 bridgehead atoms. The van der Waals surface area contributed by atoms with Gasteiger partial charge in [0.15, 0.2) is 0 Å². The van der Waals surface area contributed by atoms with E-state index < -0.39 is 0 Å². The highest BCUT2D eigenvalue weighted by molar-refractivity contribution is 4.88. The first-order chi connectivity index (χ1) is 5.27. The molecule has 0 aromatic carbocycles. The summed E-state index contributed by atoms with van der Waals surface area (Å²) in [6, 6.07) is 0. The normalized spacial score (nSPS) is 50.7. The van der Waals surface area contributed by atoms with Crippen molar-refractivity contribution in [1.29, 1.82) is 0 Å². The standard InChI is InChI=1S/C9H17NO/c1-6-2-3-8-7(4-6)5-10-9(8)11/h6-11H,2-5H2,1H3. The van der Waals surface area contributed by atoms with Crippen molar-refractivity contribution >= 4 is 0 Å². The highest BCUT2D eigenvalue weighted by Crippen LogP contribution is 2.37. The first-order valence-electron chi connectivity index (χ1n) is 4.69. The molecule has 0 radical (unpaired) electrons. The Hall–Kier alpha value is -0.0800. The van der Waals surface area contributed by atoms with E-state index in [1.807, 2.05) is 0 Å². The molecule has 1 saturated heterocycles. The lowest BCUT2D eigenvalue weighted by Crippen LogP contribution is -2.29. The molecule has 0 aromatic rings. The molecule has 1 heterocycles. The van der Waals surface area contributed by atoms with E-state index in [4.69, 9.17) is 0 Å². The Morgan fingerprint density at radius 1 is 1.36 bits per heavy atom. The first-order valence-corrected chi connectivity index (χ1v) is 4.69. The zero-order valence-corrected chi connectivity index (χ0v) is 7.09. The van der Waals surface area contributed by atoms with Gasteiger partial charge in [0.1, 0.15) is 6.23 Å². The summed E-state index contributed by atoms with van der Waals surface area (Å²) in [7, 11) is 0. The largest absolute Gasteiger partial charge is 0.378 e. The van der Waals surface area contributed by atoms with E-state index in [-0.39, 0.29) is 6.23 Å². The predicted molar refractivity (Wildman–Crippen MR) is 44.0 cm³/mol. The lowest BCUT2D eigenvalue weighted by atomic mass is 9.76. The van der Waals surface area contributed by atoms with E-state index in [1.165, 1.54) is 19.3 Å². The molecule has 64 valence electrons. The summed E-state index contributed by atoms with van der Waals surface area (Å²) < 4.78 is 0. The molecule has 0 aromatic heterocycles. The quantitative estimate of drug-likeness (QED) is 0.546. The zero-order chi connectivity index (χ0) is 7.84. The van der Waals surface area contributed by atoms with E-state index in [0.29, 0.717) is 5.92 Å². The lowest BCUT2D eigenvalue weighted by molar-refractivity contribution is 0.0730. The Kier molecular flexibility index (Phi) is 1.90. The number of hydrogen-bond donors (Lipinski definition) is 2. The lowest BCUT2D eigenvalue weighted by Gasteiger charge is -2.29. The molecular weight excluding hydrogens is 138 g/mol. The van der Waals surface area contributed by atoms with Crippen LogP contribution in [0.5, 0.6) is 0 Å². The Bertz CT molecular complexity index is 148. The molecule has 2 aliphatic rings. The summed E-state index contributed by atoms with van der Waals surface area (Å²) in [5.74, 6) is 2.20. The topological polar surface area (TPSA) is 32.3 Å². The Morgan fingerprint density at radius 3 is 3.00 bits per heavy atom. The number of rotatable bonds is 0. The van der Waals surface area contributed by atoms with Crippen LogP contribution in [-0.2, 0) is 0 Å². The van der Waals surface area contributed by atoms with Crippen LogP contribution in [0.3, 0.4) is 0 Å². The number of hydrogen-bond acceptors (Lipinski definition) is 2. The Labute approximate surface area is 68.0 Å². The van der Waals surface area contributed by atoms with Crippen LogP contribution in [0, 0.1) is 17.8 Å². The molecular formula is C9H17NO. The van der Waals surface area contributed by atoms with Crippen molar-refractivity contribution in [2.24, 2.45) is 17.8 Å². The van der Waals surface area contributed by atoms with Crippen LogP contribution in [0.1, 0.15) is 26.2 Å². The van der Waals surface area contributed by atoms with Crippen molar-refractivity contribution in [3.8, 4) is 0 Å². The van der Waals surface area contributed by atoms with Crippen molar-refractivity contribution in [2.45, 2.75) is 32.4 Å². The Morgan fingerprint density at radius 2 is 2.18 bits per heavy atom. The van der Waals surface area contributed by atoms with Gasteiger partial charge in [-0.25, -0.2) is 0 Å². The Balaban J connectivity index is 2.00. The molecule has 1 saturated carbocycles. The summed E-state index contributed by atoms with van der Waals surface area (Å²) in [5, 5.41) is 12.6. The third kappa shape index (κ3) is 1.30. The van der Waals surface area contributed by atoms with Crippen molar-refractivity contribution < 1.29 is 5.11 Å². The van der Waals surface area contributed by atoms with Crippen LogP contribution >= 0.6 is 0 Å². The third-order valence-electron chi connectivity index (χ3n) is 3.30. The molecule has 4 atom stereocenters. The molecule has 0 spiro atoms. The second-order valence-electron chi connectivity index (χ2n) is 4.20. The highest BCUT2D eigenvalue weighted by atomic mass is 16.3. The van der Waals surface area contributed by atoms with Crippen molar-refractivity contribution in [1.82, 2.24) is 5.32 Å². The van der Waals surface area contributed by atoms with Gasteiger partial charge >= 0.3 is 0 Å². The van der Waals surface area contributed by atoms with Gasteiger partial charge in [-0.3, -0.25) is 5.32 Å². The summed E-state index contributed by atoms with van der Waals surface area (Å²) in [5.41, 5.74) is 0. The number of nitrogens with one attached hydrogen (secondary N) is 1. The van der Waals surface area contributed by atoms with Crippen LogP contribution in [0.2, 0.25) is 0 Å². The minimum absolute atomic E-state index is 0.201. The molecule has 11 heavy (non-hydrogen) atoms. The number of fused-ring (bicyclic) bond motifs is 1. The SMILES string of the molecule is CC1CCC2C(CNC2O)C1. The maximum Gasteiger partial charge on any atom is 0.108 e. The number of aliphatic hydroxyl groups excluding tert-OH is 1. The second-order valence-corrected chi connectivity index (χ2v) is 4.20. The smallest absolute Gasteiger partial charge is 0.108 e. The fourth-order valence-electron chi connectivity index (χ4n) is 2.60. The zero-order valence-electron chi connectivity index (χ0n) is 7.09. The monoisotopic (exact) mass is 155 g/mol. The molecule has 2 rings (SSSR count). The molecule has 2 N–H and O–H groups in total.